The zero-order chi connectivity index (χ0) is 19.8. The summed E-state index contributed by atoms with van der Waals surface area (Å²) in [5, 5.41) is 10.1. The molecule has 2 aromatic carbocycles. The molecular formula is C15H14Cl2FN3O3S2. The molecule has 0 spiro atoms. The standard InChI is InChI=1S/C15H14Cl2FN3O3S2/c1-20(2)26(23,24)14-9(16)4-6-12(13(14)22)21(15(19)25)11-5-3-8(18)7-10(11)17/h3-7,22H,1-2H3,(H2,19,25). The van der Waals surface area contributed by atoms with Gasteiger partial charge in [-0.3, -0.25) is 4.90 Å². The SMILES string of the molecule is CN(C)S(=O)(=O)c1c(Cl)ccc(N(C(N)=S)c2ccc(F)cc2Cl)c1O. The van der Waals surface area contributed by atoms with E-state index in [1.807, 2.05) is 0 Å². The van der Waals surface area contributed by atoms with Crippen LogP contribution in [0.1, 0.15) is 0 Å². The van der Waals surface area contributed by atoms with Crippen molar-refractivity contribution in [2.75, 3.05) is 19.0 Å². The Balaban J connectivity index is 2.78. The largest absolute Gasteiger partial charge is 0.504 e. The van der Waals surface area contributed by atoms with Crippen LogP contribution in [0.15, 0.2) is 35.2 Å². The second-order valence-corrected chi connectivity index (χ2v) is 8.62. The number of anilines is 2. The fraction of sp³-hybridized carbons (Fsp3) is 0.133. The van der Waals surface area contributed by atoms with Gasteiger partial charge in [0.1, 0.15) is 10.7 Å². The summed E-state index contributed by atoms with van der Waals surface area (Å²) < 4.78 is 39.2. The van der Waals surface area contributed by atoms with E-state index < -0.39 is 26.5 Å². The first-order valence-electron chi connectivity index (χ1n) is 6.97. The Labute approximate surface area is 165 Å². The summed E-state index contributed by atoms with van der Waals surface area (Å²) in [6.07, 6.45) is 0. The summed E-state index contributed by atoms with van der Waals surface area (Å²) in [7, 11) is -1.49. The Morgan fingerprint density at radius 3 is 2.23 bits per heavy atom. The minimum Gasteiger partial charge on any atom is -0.504 e. The van der Waals surface area contributed by atoms with Crippen LogP contribution in [-0.2, 0) is 10.0 Å². The summed E-state index contributed by atoms with van der Waals surface area (Å²) >= 11 is 17.0. The minimum atomic E-state index is -4.07. The Hall–Kier alpha value is -1.65. The molecule has 0 amide bonds. The lowest BCUT2D eigenvalue weighted by Gasteiger charge is -2.26. The third-order valence-electron chi connectivity index (χ3n) is 3.41. The smallest absolute Gasteiger partial charge is 0.247 e. The predicted molar refractivity (Wildman–Crippen MR) is 104 cm³/mol. The summed E-state index contributed by atoms with van der Waals surface area (Å²) in [5.41, 5.74) is 5.82. The average molecular weight is 438 g/mol. The van der Waals surface area contributed by atoms with Crippen molar-refractivity contribution in [1.82, 2.24) is 4.31 Å². The van der Waals surface area contributed by atoms with Gasteiger partial charge in [0.25, 0.3) is 0 Å². The molecule has 11 heteroatoms. The van der Waals surface area contributed by atoms with Crippen molar-refractivity contribution in [2.45, 2.75) is 4.90 Å². The molecule has 0 saturated carbocycles. The van der Waals surface area contributed by atoms with Crippen molar-refractivity contribution in [2.24, 2.45) is 5.73 Å². The van der Waals surface area contributed by atoms with Gasteiger partial charge in [0.15, 0.2) is 10.9 Å². The van der Waals surface area contributed by atoms with Crippen LogP contribution in [0.4, 0.5) is 15.8 Å². The number of nitrogens with zero attached hydrogens (tertiary/aromatic N) is 2. The lowest BCUT2D eigenvalue weighted by Crippen LogP contribution is -2.32. The third-order valence-corrected chi connectivity index (χ3v) is 6.22. The molecule has 0 atom stereocenters. The Morgan fingerprint density at radius 1 is 1.15 bits per heavy atom. The van der Waals surface area contributed by atoms with Crippen molar-refractivity contribution in [3.05, 3.63) is 46.2 Å². The normalized spacial score (nSPS) is 11.6. The lowest BCUT2D eigenvalue weighted by molar-refractivity contribution is 0.454. The lowest BCUT2D eigenvalue weighted by atomic mass is 10.2. The maximum Gasteiger partial charge on any atom is 0.247 e. The van der Waals surface area contributed by atoms with Crippen LogP contribution in [0.3, 0.4) is 0 Å². The molecule has 140 valence electrons. The number of thiocarbonyl (C=S) groups is 1. The fourth-order valence-corrected chi connectivity index (χ4v) is 4.10. The van der Waals surface area contributed by atoms with E-state index in [0.29, 0.717) is 0 Å². The Bertz CT molecular complexity index is 984. The van der Waals surface area contributed by atoms with Crippen LogP contribution in [0.2, 0.25) is 10.0 Å². The molecule has 0 unspecified atom stereocenters. The highest BCUT2D eigenvalue weighted by atomic mass is 35.5. The number of phenolic OH excluding ortho intramolecular Hbond substituents is 1. The van der Waals surface area contributed by atoms with Crippen molar-refractivity contribution >= 4 is 61.9 Å². The zero-order valence-corrected chi connectivity index (χ0v) is 16.7. The van der Waals surface area contributed by atoms with Crippen molar-refractivity contribution in [1.29, 1.82) is 0 Å². The van der Waals surface area contributed by atoms with Crippen LogP contribution in [0.5, 0.6) is 5.75 Å². The van der Waals surface area contributed by atoms with Gasteiger partial charge in [-0.05, 0) is 42.5 Å². The number of aromatic hydroxyl groups is 1. The van der Waals surface area contributed by atoms with E-state index in [-0.39, 0.29) is 26.5 Å². The molecule has 3 N–H and O–H groups in total. The molecule has 6 nitrogen and oxygen atoms in total. The number of hydrogen-bond donors (Lipinski definition) is 2. The van der Waals surface area contributed by atoms with Gasteiger partial charge >= 0.3 is 0 Å². The molecule has 0 heterocycles. The van der Waals surface area contributed by atoms with Gasteiger partial charge in [-0.1, -0.05) is 23.2 Å². The fourth-order valence-electron chi connectivity index (χ4n) is 2.17. The third kappa shape index (κ3) is 3.72. The number of halogens is 3. The maximum atomic E-state index is 13.3. The highest BCUT2D eigenvalue weighted by Gasteiger charge is 2.30. The number of hydrogen-bond acceptors (Lipinski definition) is 4. The molecule has 2 aromatic rings. The maximum absolute atomic E-state index is 13.3. The summed E-state index contributed by atoms with van der Waals surface area (Å²) in [5.74, 6) is -1.25. The first-order chi connectivity index (χ1) is 12.0. The summed E-state index contributed by atoms with van der Waals surface area (Å²) in [4.78, 5) is 0.610. The number of sulfonamides is 1. The van der Waals surface area contributed by atoms with Gasteiger partial charge in [-0.15, -0.1) is 0 Å². The number of benzene rings is 2. The first-order valence-corrected chi connectivity index (χ1v) is 9.57. The molecule has 0 saturated heterocycles. The molecule has 26 heavy (non-hydrogen) atoms. The molecule has 0 aliphatic carbocycles. The first kappa shape index (κ1) is 20.7. The van der Waals surface area contributed by atoms with Crippen LogP contribution in [0.25, 0.3) is 0 Å². The van der Waals surface area contributed by atoms with E-state index >= 15 is 0 Å². The van der Waals surface area contributed by atoms with E-state index in [1.54, 1.807) is 0 Å². The zero-order valence-electron chi connectivity index (χ0n) is 13.6. The van der Waals surface area contributed by atoms with Gasteiger partial charge in [0, 0.05) is 14.1 Å². The highest BCUT2D eigenvalue weighted by Crippen LogP contribution is 2.43. The quantitative estimate of drug-likeness (QED) is 0.711. The van der Waals surface area contributed by atoms with Crippen molar-refractivity contribution in [3.8, 4) is 5.75 Å². The van der Waals surface area contributed by atoms with Crippen molar-refractivity contribution < 1.29 is 17.9 Å². The van der Waals surface area contributed by atoms with E-state index in [4.69, 9.17) is 41.2 Å². The number of rotatable bonds is 4. The second-order valence-electron chi connectivity index (χ2n) is 5.30. The molecule has 0 radical (unpaired) electrons. The highest BCUT2D eigenvalue weighted by molar-refractivity contribution is 7.89. The molecular weight excluding hydrogens is 424 g/mol. The van der Waals surface area contributed by atoms with E-state index in [1.165, 1.54) is 32.3 Å². The van der Waals surface area contributed by atoms with Crippen LogP contribution < -0.4 is 10.6 Å². The van der Waals surface area contributed by atoms with Crippen LogP contribution in [-0.4, -0.2) is 37.0 Å². The monoisotopic (exact) mass is 437 g/mol. The molecule has 0 aliphatic rings. The number of nitrogens with two attached hydrogens (primary N) is 1. The second kappa shape index (κ2) is 7.53. The van der Waals surface area contributed by atoms with Crippen LogP contribution in [0, 0.1) is 5.82 Å². The average Bonchev–Trinajstić information content (AvgIpc) is 2.51. The van der Waals surface area contributed by atoms with Gasteiger partial charge in [0.05, 0.1) is 21.4 Å². The van der Waals surface area contributed by atoms with Crippen LogP contribution >= 0.6 is 35.4 Å². The van der Waals surface area contributed by atoms with E-state index in [0.717, 1.165) is 21.3 Å². The molecule has 0 aromatic heterocycles. The van der Waals surface area contributed by atoms with E-state index in [9.17, 15) is 17.9 Å². The van der Waals surface area contributed by atoms with Gasteiger partial charge in [-0.25, -0.2) is 17.1 Å². The topological polar surface area (TPSA) is 86.9 Å². The van der Waals surface area contributed by atoms with Gasteiger partial charge in [-0.2, -0.15) is 0 Å². The molecule has 0 bridgehead atoms. The van der Waals surface area contributed by atoms with Gasteiger partial charge < -0.3 is 10.8 Å². The summed E-state index contributed by atoms with van der Waals surface area (Å²) in [6, 6.07) is 6.05. The van der Waals surface area contributed by atoms with Crippen molar-refractivity contribution in [3.63, 3.8) is 0 Å². The van der Waals surface area contributed by atoms with E-state index in [2.05, 4.69) is 0 Å². The molecule has 2 rings (SSSR count). The Kier molecular flexibility index (Phi) is 5.99. The summed E-state index contributed by atoms with van der Waals surface area (Å²) in [6.45, 7) is 0. The minimum absolute atomic E-state index is 0.0378. The molecule has 0 fully saturated rings. The predicted octanol–water partition coefficient (Wildman–Crippen LogP) is 3.47. The Morgan fingerprint density at radius 2 is 1.73 bits per heavy atom. The molecule has 0 aliphatic heterocycles. The van der Waals surface area contributed by atoms with Gasteiger partial charge in [0.2, 0.25) is 10.0 Å². The number of phenols is 1.